The number of nitrogens with two attached hydrogens (primary N) is 1. The van der Waals surface area contributed by atoms with Gasteiger partial charge in [0.15, 0.2) is 0 Å². The molecule has 3 nitrogen and oxygen atoms in total. The smallest absolute Gasteiger partial charge is 0.239 e. The summed E-state index contributed by atoms with van der Waals surface area (Å²) in [4.78, 5) is 11.7. The molecule has 1 saturated heterocycles. The molecule has 0 spiro atoms. The fourth-order valence-electron chi connectivity index (χ4n) is 1.22. The molecule has 1 aliphatic rings. The molecule has 0 bridgehead atoms. The molecule has 15 heavy (non-hydrogen) atoms. The molecule has 1 aliphatic heterocycles. The highest BCUT2D eigenvalue weighted by Gasteiger charge is 2.26. The Kier molecular flexibility index (Phi) is 5.29. The van der Waals surface area contributed by atoms with Gasteiger partial charge in [-0.2, -0.15) is 23.5 Å². The minimum Gasteiger partial charge on any atom is -0.353 e. The standard InChI is InChI=1S/C10H20N2OS2/c1-3-10(2,11)9(13)12-6-8-7-14-4-5-15-8/h8H,3-7,11H2,1-2H3,(H,12,13). The molecular formula is C10H20N2OS2. The Morgan fingerprint density at radius 2 is 2.33 bits per heavy atom. The minimum absolute atomic E-state index is 0.0267. The van der Waals surface area contributed by atoms with E-state index in [1.54, 1.807) is 6.92 Å². The Labute approximate surface area is 100 Å². The van der Waals surface area contributed by atoms with E-state index in [-0.39, 0.29) is 5.91 Å². The predicted molar refractivity (Wildman–Crippen MR) is 69.5 cm³/mol. The van der Waals surface area contributed by atoms with Gasteiger partial charge in [0.25, 0.3) is 0 Å². The van der Waals surface area contributed by atoms with E-state index in [0.717, 1.165) is 12.3 Å². The second-order valence-electron chi connectivity index (χ2n) is 4.05. The summed E-state index contributed by atoms with van der Waals surface area (Å²) in [5.41, 5.74) is 5.14. The van der Waals surface area contributed by atoms with Gasteiger partial charge >= 0.3 is 0 Å². The van der Waals surface area contributed by atoms with E-state index < -0.39 is 5.54 Å². The van der Waals surface area contributed by atoms with Crippen molar-refractivity contribution in [1.82, 2.24) is 5.32 Å². The van der Waals surface area contributed by atoms with Gasteiger partial charge in [0.1, 0.15) is 0 Å². The van der Waals surface area contributed by atoms with E-state index in [1.165, 1.54) is 11.5 Å². The third-order valence-corrected chi connectivity index (χ3v) is 5.47. The quantitative estimate of drug-likeness (QED) is 0.782. The van der Waals surface area contributed by atoms with Crippen LogP contribution in [0.3, 0.4) is 0 Å². The van der Waals surface area contributed by atoms with Crippen LogP contribution in [0.25, 0.3) is 0 Å². The SMILES string of the molecule is CCC(C)(N)C(=O)NCC1CSCCS1. The van der Waals surface area contributed by atoms with E-state index in [0.29, 0.717) is 11.7 Å². The number of amides is 1. The number of carbonyl (C=O) groups is 1. The average Bonchev–Trinajstić information content (AvgIpc) is 2.27. The Bertz CT molecular complexity index is 215. The molecule has 2 atom stereocenters. The summed E-state index contributed by atoms with van der Waals surface area (Å²) in [6.45, 7) is 4.47. The van der Waals surface area contributed by atoms with Gasteiger partial charge in [-0.25, -0.2) is 0 Å². The van der Waals surface area contributed by atoms with Crippen molar-refractivity contribution in [3.05, 3.63) is 0 Å². The van der Waals surface area contributed by atoms with E-state index in [2.05, 4.69) is 5.32 Å². The van der Waals surface area contributed by atoms with E-state index in [1.807, 2.05) is 30.4 Å². The van der Waals surface area contributed by atoms with Crippen molar-refractivity contribution in [3.63, 3.8) is 0 Å². The molecule has 3 N–H and O–H groups in total. The molecule has 1 amide bonds. The van der Waals surface area contributed by atoms with Crippen LogP contribution in [0.15, 0.2) is 0 Å². The normalized spacial score (nSPS) is 25.7. The van der Waals surface area contributed by atoms with Gasteiger partial charge in [-0.1, -0.05) is 6.92 Å². The van der Waals surface area contributed by atoms with Gasteiger partial charge in [0.2, 0.25) is 5.91 Å². The molecule has 1 fully saturated rings. The molecule has 0 aromatic carbocycles. The summed E-state index contributed by atoms with van der Waals surface area (Å²) in [6, 6.07) is 0. The first-order valence-corrected chi connectivity index (χ1v) is 7.53. The molecule has 88 valence electrons. The number of hydrogen-bond acceptors (Lipinski definition) is 4. The zero-order valence-electron chi connectivity index (χ0n) is 9.41. The second kappa shape index (κ2) is 6.01. The van der Waals surface area contributed by atoms with Crippen LogP contribution in [0.5, 0.6) is 0 Å². The molecule has 0 radical (unpaired) electrons. The number of nitrogens with one attached hydrogen (secondary N) is 1. The van der Waals surface area contributed by atoms with Crippen molar-refractivity contribution >= 4 is 29.4 Å². The lowest BCUT2D eigenvalue weighted by molar-refractivity contribution is -0.125. The van der Waals surface area contributed by atoms with Crippen LogP contribution in [0.4, 0.5) is 0 Å². The van der Waals surface area contributed by atoms with Gasteiger partial charge in [0.05, 0.1) is 5.54 Å². The van der Waals surface area contributed by atoms with Crippen LogP contribution in [0, 0.1) is 0 Å². The monoisotopic (exact) mass is 248 g/mol. The van der Waals surface area contributed by atoms with Crippen molar-refractivity contribution in [2.45, 2.75) is 31.1 Å². The highest BCUT2D eigenvalue weighted by atomic mass is 32.2. The first kappa shape index (κ1) is 13.2. The average molecular weight is 248 g/mol. The highest BCUT2D eigenvalue weighted by molar-refractivity contribution is 8.06. The lowest BCUT2D eigenvalue weighted by Crippen LogP contribution is -2.52. The molecule has 0 aliphatic carbocycles. The van der Waals surface area contributed by atoms with Crippen LogP contribution in [-0.4, -0.2) is 40.5 Å². The summed E-state index contributed by atoms with van der Waals surface area (Å²) in [5.74, 6) is 3.54. The zero-order valence-corrected chi connectivity index (χ0v) is 11.0. The van der Waals surface area contributed by atoms with Crippen molar-refractivity contribution < 1.29 is 4.79 Å². The van der Waals surface area contributed by atoms with Gasteiger partial charge < -0.3 is 11.1 Å². The van der Waals surface area contributed by atoms with Gasteiger partial charge in [0, 0.05) is 29.1 Å². The van der Waals surface area contributed by atoms with Crippen molar-refractivity contribution in [3.8, 4) is 0 Å². The first-order valence-electron chi connectivity index (χ1n) is 5.33. The number of carbonyl (C=O) groups excluding carboxylic acids is 1. The molecule has 0 aromatic heterocycles. The topological polar surface area (TPSA) is 55.1 Å². The van der Waals surface area contributed by atoms with E-state index in [9.17, 15) is 4.79 Å². The summed E-state index contributed by atoms with van der Waals surface area (Å²) >= 11 is 3.91. The number of rotatable bonds is 4. The van der Waals surface area contributed by atoms with Crippen LogP contribution in [0.2, 0.25) is 0 Å². The Balaban J connectivity index is 2.26. The maximum absolute atomic E-state index is 11.7. The fourth-order valence-corrected chi connectivity index (χ4v) is 3.84. The van der Waals surface area contributed by atoms with Crippen molar-refractivity contribution in [1.29, 1.82) is 0 Å². The summed E-state index contributed by atoms with van der Waals surface area (Å²) in [7, 11) is 0. The summed E-state index contributed by atoms with van der Waals surface area (Å²) in [6.07, 6.45) is 0.672. The lowest BCUT2D eigenvalue weighted by atomic mass is 10.00. The van der Waals surface area contributed by atoms with Gasteiger partial charge in [-0.05, 0) is 13.3 Å². The number of hydrogen-bond donors (Lipinski definition) is 2. The molecule has 0 aromatic rings. The minimum atomic E-state index is -0.716. The van der Waals surface area contributed by atoms with Crippen LogP contribution >= 0.6 is 23.5 Å². The Morgan fingerprint density at radius 3 is 2.87 bits per heavy atom. The molecule has 1 heterocycles. The van der Waals surface area contributed by atoms with E-state index in [4.69, 9.17) is 5.73 Å². The zero-order chi connectivity index (χ0) is 11.3. The third kappa shape index (κ3) is 4.25. The van der Waals surface area contributed by atoms with Crippen LogP contribution < -0.4 is 11.1 Å². The van der Waals surface area contributed by atoms with Crippen molar-refractivity contribution in [2.24, 2.45) is 5.73 Å². The van der Waals surface area contributed by atoms with Crippen molar-refractivity contribution in [2.75, 3.05) is 23.8 Å². The third-order valence-electron chi connectivity index (χ3n) is 2.63. The first-order chi connectivity index (χ1) is 7.06. The Morgan fingerprint density at radius 1 is 1.60 bits per heavy atom. The lowest BCUT2D eigenvalue weighted by Gasteiger charge is -2.25. The Hall–Kier alpha value is 0.130. The molecule has 1 rings (SSSR count). The molecule has 2 unspecified atom stereocenters. The molecular weight excluding hydrogens is 228 g/mol. The van der Waals surface area contributed by atoms with E-state index >= 15 is 0 Å². The van der Waals surface area contributed by atoms with Gasteiger partial charge in [-0.15, -0.1) is 0 Å². The number of thioether (sulfide) groups is 2. The summed E-state index contributed by atoms with van der Waals surface area (Å²) in [5, 5.41) is 3.50. The summed E-state index contributed by atoms with van der Waals surface area (Å²) < 4.78 is 0. The second-order valence-corrected chi connectivity index (χ2v) is 6.61. The maximum atomic E-state index is 11.7. The molecule has 5 heteroatoms. The largest absolute Gasteiger partial charge is 0.353 e. The highest BCUT2D eigenvalue weighted by Crippen LogP contribution is 2.23. The predicted octanol–water partition coefficient (Wildman–Crippen LogP) is 1.08. The van der Waals surface area contributed by atoms with Crippen LogP contribution in [-0.2, 0) is 4.79 Å². The van der Waals surface area contributed by atoms with Gasteiger partial charge in [-0.3, -0.25) is 4.79 Å². The molecule has 0 saturated carbocycles. The maximum Gasteiger partial charge on any atom is 0.239 e. The fraction of sp³-hybridized carbons (Fsp3) is 0.900. The van der Waals surface area contributed by atoms with Crippen LogP contribution in [0.1, 0.15) is 20.3 Å².